The molecule has 0 radical (unpaired) electrons. The zero-order chi connectivity index (χ0) is 8.81. The van der Waals surface area contributed by atoms with Crippen LogP contribution in [-0.4, -0.2) is 30.5 Å². The summed E-state index contributed by atoms with van der Waals surface area (Å²) in [4.78, 5) is 0. The van der Waals surface area contributed by atoms with Crippen molar-refractivity contribution < 1.29 is 9.47 Å². The molecule has 0 aliphatic heterocycles. The van der Waals surface area contributed by atoms with Crippen LogP contribution in [0.3, 0.4) is 0 Å². The van der Waals surface area contributed by atoms with Gasteiger partial charge < -0.3 is 9.47 Å². The maximum absolute atomic E-state index is 5.26. The molecule has 0 aromatic carbocycles. The zero-order valence-corrected chi connectivity index (χ0v) is 9.02. The van der Waals surface area contributed by atoms with E-state index in [4.69, 9.17) is 9.47 Å². The molecule has 1 aromatic rings. The Hall–Kier alpha value is -0.200. The Bertz CT molecular complexity index is 231. The summed E-state index contributed by atoms with van der Waals surface area (Å²) in [6.45, 7) is 1.33. The standard InChI is InChI=1S/C6H9BrN2O2S/c1-10-3-2-4-11-6-9-8-5(7)12-6/h2-4H2,1H3. The van der Waals surface area contributed by atoms with Crippen LogP contribution in [0.25, 0.3) is 0 Å². The number of rotatable bonds is 5. The Morgan fingerprint density at radius 3 is 2.83 bits per heavy atom. The highest BCUT2D eigenvalue weighted by atomic mass is 79.9. The summed E-state index contributed by atoms with van der Waals surface area (Å²) in [5.74, 6) is 0. The molecule has 1 heterocycles. The zero-order valence-electron chi connectivity index (χ0n) is 6.62. The van der Waals surface area contributed by atoms with E-state index in [0.717, 1.165) is 10.3 Å². The van der Waals surface area contributed by atoms with Gasteiger partial charge in [0.2, 0.25) is 0 Å². The molecule has 1 rings (SSSR count). The first-order valence-corrected chi connectivity index (χ1v) is 5.04. The SMILES string of the molecule is COCCCOc1nnc(Br)s1. The van der Waals surface area contributed by atoms with E-state index in [2.05, 4.69) is 26.1 Å². The van der Waals surface area contributed by atoms with Crippen molar-refractivity contribution in [1.29, 1.82) is 0 Å². The molecule has 12 heavy (non-hydrogen) atoms. The van der Waals surface area contributed by atoms with E-state index in [0.29, 0.717) is 18.4 Å². The topological polar surface area (TPSA) is 44.2 Å². The quantitative estimate of drug-likeness (QED) is 0.749. The number of hydrogen-bond donors (Lipinski definition) is 0. The van der Waals surface area contributed by atoms with E-state index in [-0.39, 0.29) is 0 Å². The molecule has 6 heteroatoms. The molecular weight excluding hydrogens is 244 g/mol. The minimum Gasteiger partial charge on any atom is -0.469 e. The van der Waals surface area contributed by atoms with Crippen LogP contribution in [0.4, 0.5) is 0 Å². The monoisotopic (exact) mass is 252 g/mol. The normalized spacial score (nSPS) is 10.2. The molecule has 0 unspecified atom stereocenters. The van der Waals surface area contributed by atoms with Gasteiger partial charge in [-0.15, -0.1) is 5.10 Å². The first kappa shape index (κ1) is 9.88. The Kier molecular flexibility index (Phi) is 4.49. The lowest BCUT2D eigenvalue weighted by atomic mass is 10.5. The Balaban J connectivity index is 2.15. The summed E-state index contributed by atoms with van der Waals surface area (Å²) in [6.07, 6.45) is 0.869. The average molecular weight is 253 g/mol. The molecule has 0 spiro atoms. The lowest BCUT2D eigenvalue weighted by Gasteiger charge is -1.99. The molecule has 0 saturated carbocycles. The second-order valence-electron chi connectivity index (χ2n) is 2.02. The highest BCUT2D eigenvalue weighted by molar-refractivity contribution is 9.11. The van der Waals surface area contributed by atoms with Crippen molar-refractivity contribution >= 4 is 27.3 Å². The van der Waals surface area contributed by atoms with Gasteiger partial charge in [-0.05, 0) is 27.3 Å². The van der Waals surface area contributed by atoms with Crippen molar-refractivity contribution in [3.05, 3.63) is 3.92 Å². The van der Waals surface area contributed by atoms with Crippen LogP contribution in [0.2, 0.25) is 0 Å². The number of nitrogens with zero attached hydrogens (tertiary/aromatic N) is 2. The smallest absolute Gasteiger partial charge is 0.294 e. The number of halogens is 1. The fraction of sp³-hybridized carbons (Fsp3) is 0.667. The van der Waals surface area contributed by atoms with Crippen molar-refractivity contribution in [2.45, 2.75) is 6.42 Å². The molecule has 0 aliphatic rings. The second kappa shape index (κ2) is 5.45. The minimum atomic E-state index is 0.595. The lowest BCUT2D eigenvalue weighted by molar-refractivity contribution is 0.171. The van der Waals surface area contributed by atoms with E-state index in [9.17, 15) is 0 Å². The minimum absolute atomic E-state index is 0.595. The van der Waals surface area contributed by atoms with Crippen LogP contribution in [0.15, 0.2) is 3.92 Å². The van der Waals surface area contributed by atoms with Crippen molar-refractivity contribution in [2.24, 2.45) is 0 Å². The van der Waals surface area contributed by atoms with E-state index in [1.54, 1.807) is 7.11 Å². The van der Waals surface area contributed by atoms with Gasteiger partial charge in [0.15, 0.2) is 3.92 Å². The molecule has 0 saturated heterocycles. The van der Waals surface area contributed by atoms with Crippen LogP contribution < -0.4 is 4.74 Å². The second-order valence-corrected chi connectivity index (χ2v) is 4.23. The van der Waals surface area contributed by atoms with Gasteiger partial charge in [0, 0.05) is 20.1 Å². The number of aromatic nitrogens is 2. The lowest BCUT2D eigenvalue weighted by Crippen LogP contribution is -2.00. The number of ether oxygens (including phenoxy) is 2. The van der Waals surface area contributed by atoms with Crippen molar-refractivity contribution in [1.82, 2.24) is 10.2 Å². The molecule has 1 aromatic heterocycles. The molecule has 0 atom stereocenters. The van der Waals surface area contributed by atoms with Gasteiger partial charge >= 0.3 is 0 Å². The predicted octanol–water partition coefficient (Wildman–Crippen LogP) is 1.72. The van der Waals surface area contributed by atoms with Gasteiger partial charge in [-0.2, -0.15) is 0 Å². The third-order valence-electron chi connectivity index (χ3n) is 1.10. The highest BCUT2D eigenvalue weighted by Gasteiger charge is 2.00. The fourth-order valence-corrected chi connectivity index (χ4v) is 1.56. The first-order valence-electron chi connectivity index (χ1n) is 3.43. The Labute approximate surface area is 83.0 Å². The summed E-state index contributed by atoms with van der Waals surface area (Å²) < 4.78 is 10.9. The third kappa shape index (κ3) is 3.46. The van der Waals surface area contributed by atoms with Crippen LogP contribution in [-0.2, 0) is 4.74 Å². The number of hydrogen-bond acceptors (Lipinski definition) is 5. The van der Waals surface area contributed by atoms with Crippen molar-refractivity contribution in [3.8, 4) is 5.19 Å². The fourth-order valence-electron chi connectivity index (χ4n) is 0.614. The van der Waals surface area contributed by atoms with E-state index < -0.39 is 0 Å². The Morgan fingerprint density at radius 1 is 1.42 bits per heavy atom. The van der Waals surface area contributed by atoms with Crippen molar-refractivity contribution in [3.63, 3.8) is 0 Å². The first-order chi connectivity index (χ1) is 5.83. The third-order valence-corrected chi connectivity index (χ3v) is 2.37. The van der Waals surface area contributed by atoms with E-state index >= 15 is 0 Å². The van der Waals surface area contributed by atoms with Crippen LogP contribution in [0.5, 0.6) is 5.19 Å². The summed E-state index contributed by atoms with van der Waals surface area (Å²) in [6, 6.07) is 0. The largest absolute Gasteiger partial charge is 0.469 e. The average Bonchev–Trinajstić information content (AvgIpc) is 2.45. The molecule has 0 aliphatic carbocycles. The maximum Gasteiger partial charge on any atom is 0.294 e. The molecular formula is C6H9BrN2O2S. The predicted molar refractivity (Wildman–Crippen MR) is 49.6 cm³/mol. The van der Waals surface area contributed by atoms with Crippen LogP contribution in [0, 0.1) is 0 Å². The molecule has 0 N–H and O–H groups in total. The van der Waals surface area contributed by atoms with E-state index in [1.165, 1.54) is 11.3 Å². The van der Waals surface area contributed by atoms with Gasteiger partial charge in [-0.25, -0.2) is 0 Å². The molecule has 4 nitrogen and oxygen atoms in total. The van der Waals surface area contributed by atoms with Gasteiger partial charge in [0.25, 0.3) is 5.19 Å². The van der Waals surface area contributed by atoms with E-state index in [1.807, 2.05) is 0 Å². The number of methoxy groups -OCH3 is 1. The summed E-state index contributed by atoms with van der Waals surface area (Å²) >= 11 is 4.57. The highest BCUT2D eigenvalue weighted by Crippen LogP contribution is 2.22. The van der Waals surface area contributed by atoms with Crippen LogP contribution >= 0.6 is 27.3 Å². The molecule has 68 valence electrons. The molecule has 0 amide bonds. The summed E-state index contributed by atoms with van der Waals surface area (Å²) in [5.41, 5.74) is 0. The van der Waals surface area contributed by atoms with Gasteiger partial charge in [0.05, 0.1) is 6.61 Å². The molecule has 0 fully saturated rings. The van der Waals surface area contributed by atoms with Crippen LogP contribution in [0.1, 0.15) is 6.42 Å². The summed E-state index contributed by atoms with van der Waals surface area (Å²) in [7, 11) is 1.67. The van der Waals surface area contributed by atoms with Gasteiger partial charge in [0.1, 0.15) is 0 Å². The molecule has 0 bridgehead atoms. The maximum atomic E-state index is 5.26. The van der Waals surface area contributed by atoms with Gasteiger partial charge in [-0.1, -0.05) is 5.10 Å². The summed E-state index contributed by atoms with van der Waals surface area (Å²) in [5, 5.41) is 8.11. The Morgan fingerprint density at radius 2 is 2.25 bits per heavy atom. The van der Waals surface area contributed by atoms with Crippen molar-refractivity contribution in [2.75, 3.05) is 20.3 Å². The van der Waals surface area contributed by atoms with Gasteiger partial charge in [-0.3, -0.25) is 0 Å².